The van der Waals surface area contributed by atoms with E-state index in [2.05, 4.69) is 14.4 Å². The van der Waals surface area contributed by atoms with E-state index in [0.29, 0.717) is 5.56 Å². The van der Waals surface area contributed by atoms with E-state index in [1.807, 2.05) is 24.3 Å². The van der Waals surface area contributed by atoms with Gasteiger partial charge in [0.25, 0.3) is 0 Å². The Bertz CT molecular complexity index is 1050. The molecular formula is C18H19F2N3O4S. The van der Waals surface area contributed by atoms with Crippen LogP contribution in [0.4, 0.5) is 8.78 Å². The highest BCUT2D eigenvalue weighted by Crippen LogP contribution is 2.29. The van der Waals surface area contributed by atoms with Gasteiger partial charge in [0.15, 0.2) is 11.5 Å². The number of halogens is 2. The number of alkyl halides is 2. The third kappa shape index (κ3) is 4.96. The Kier molecular flexibility index (Phi) is 6.10. The number of sulfonamides is 1. The molecule has 1 N–H and O–H groups in total. The van der Waals surface area contributed by atoms with Crippen molar-refractivity contribution < 1.29 is 26.7 Å². The maximum atomic E-state index is 12.4. The molecule has 0 amide bonds. The standard InChI is InChI=1S/C18H19F2N3O4S/c1-26-17-10-13(6-7-16(17)27-18(19)20)11-22-28(24,25)9-8-23-12-21-14-4-2-3-5-15(14)23/h2-7,10,12,18,22H,8-9,11H2,1H3. The van der Waals surface area contributed by atoms with Crippen LogP contribution in [0, 0.1) is 0 Å². The summed E-state index contributed by atoms with van der Waals surface area (Å²) in [7, 11) is -2.25. The average Bonchev–Trinajstić information content (AvgIpc) is 3.08. The second-order valence-electron chi connectivity index (χ2n) is 5.93. The van der Waals surface area contributed by atoms with Gasteiger partial charge in [0.2, 0.25) is 10.0 Å². The second-order valence-corrected chi connectivity index (χ2v) is 7.86. The van der Waals surface area contributed by atoms with Crippen LogP contribution in [-0.2, 0) is 23.1 Å². The van der Waals surface area contributed by atoms with Gasteiger partial charge in [0, 0.05) is 13.1 Å². The summed E-state index contributed by atoms with van der Waals surface area (Å²) in [5.41, 5.74) is 2.21. The topological polar surface area (TPSA) is 82.5 Å². The predicted molar refractivity (Wildman–Crippen MR) is 100.0 cm³/mol. The van der Waals surface area contributed by atoms with Crippen molar-refractivity contribution in [2.45, 2.75) is 19.7 Å². The molecule has 0 saturated carbocycles. The van der Waals surface area contributed by atoms with Gasteiger partial charge in [0.1, 0.15) is 0 Å². The van der Waals surface area contributed by atoms with Crippen molar-refractivity contribution in [1.29, 1.82) is 0 Å². The van der Waals surface area contributed by atoms with Gasteiger partial charge in [-0.3, -0.25) is 0 Å². The molecule has 0 saturated heterocycles. The van der Waals surface area contributed by atoms with Gasteiger partial charge in [-0.25, -0.2) is 18.1 Å². The van der Waals surface area contributed by atoms with Gasteiger partial charge < -0.3 is 14.0 Å². The van der Waals surface area contributed by atoms with Crippen molar-refractivity contribution in [3.63, 3.8) is 0 Å². The lowest BCUT2D eigenvalue weighted by molar-refractivity contribution is -0.0512. The van der Waals surface area contributed by atoms with Crippen LogP contribution in [0.2, 0.25) is 0 Å². The molecule has 3 rings (SSSR count). The number of imidazole rings is 1. The van der Waals surface area contributed by atoms with Gasteiger partial charge in [0.05, 0.1) is 30.2 Å². The smallest absolute Gasteiger partial charge is 0.387 e. The largest absolute Gasteiger partial charge is 0.493 e. The molecule has 0 bridgehead atoms. The van der Waals surface area contributed by atoms with Crippen LogP contribution in [0.5, 0.6) is 11.5 Å². The molecule has 3 aromatic rings. The minimum absolute atomic E-state index is 0.00166. The number of fused-ring (bicyclic) bond motifs is 1. The van der Waals surface area contributed by atoms with Gasteiger partial charge in [-0.15, -0.1) is 0 Å². The number of nitrogens with one attached hydrogen (secondary N) is 1. The predicted octanol–water partition coefficient (Wildman–Crippen LogP) is 2.77. The van der Waals surface area contributed by atoms with Gasteiger partial charge in [-0.05, 0) is 29.8 Å². The Hall–Kier alpha value is -2.72. The number of rotatable bonds is 9. The lowest BCUT2D eigenvalue weighted by Crippen LogP contribution is -2.27. The van der Waals surface area contributed by atoms with E-state index in [1.165, 1.54) is 25.3 Å². The molecule has 0 fully saturated rings. The minimum Gasteiger partial charge on any atom is -0.493 e. The first-order valence-corrected chi connectivity index (χ1v) is 10.0. The third-order valence-electron chi connectivity index (χ3n) is 4.07. The van der Waals surface area contributed by atoms with Crippen molar-refractivity contribution in [3.8, 4) is 11.5 Å². The molecule has 28 heavy (non-hydrogen) atoms. The van der Waals surface area contributed by atoms with E-state index in [4.69, 9.17) is 4.74 Å². The maximum Gasteiger partial charge on any atom is 0.387 e. The summed E-state index contributed by atoms with van der Waals surface area (Å²) in [5, 5.41) is 0. The highest BCUT2D eigenvalue weighted by atomic mass is 32.2. The van der Waals surface area contributed by atoms with Crippen LogP contribution in [0.3, 0.4) is 0 Å². The van der Waals surface area contributed by atoms with E-state index < -0.39 is 16.6 Å². The Labute approximate surface area is 161 Å². The highest BCUT2D eigenvalue weighted by molar-refractivity contribution is 7.89. The molecule has 0 aliphatic heterocycles. The summed E-state index contributed by atoms with van der Waals surface area (Å²) >= 11 is 0. The summed E-state index contributed by atoms with van der Waals surface area (Å²) in [4.78, 5) is 4.23. The lowest BCUT2D eigenvalue weighted by Gasteiger charge is -2.12. The van der Waals surface area contributed by atoms with Crippen LogP contribution in [0.15, 0.2) is 48.8 Å². The number of benzene rings is 2. The van der Waals surface area contributed by atoms with Crippen LogP contribution >= 0.6 is 0 Å². The van der Waals surface area contributed by atoms with E-state index in [0.717, 1.165) is 11.0 Å². The Morgan fingerprint density at radius 3 is 2.71 bits per heavy atom. The molecule has 7 nitrogen and oxygen atoms in total. The molecule has 0 spiro atoms. The molecule has 0 radical (unpaired) electrons. The second kappa shape index (κ2) is 8.53. The zero-order chi connectivity index (χ0) is 20.1. The number of nitrogens with zero attached hydrogens (tertiary/aromatic N) is 2. The molecule has 1 heterocycles. The monoisotopic (exact) mass is 411 g/mol. The summed E-state index contributed by atoms with van der Waals surface area (Å²) in [6, 6.07) is 11.7. The van der Waals surface area contributed by atoms with Gasteiger partial charge >= 0.3 is 6.61 Å². The van der Waals surface area contributed by atoms with Crippen LogP contribution in [0.25, 0.3) is 11.0 Å². The number of aryl methyl sites for hydroxylation is 1. The lowest BCUT2D eigenvalue weighted by atomic mass is 10.2. The Morgan fingerprint density at radius 1 is 1.18 bits per heavy atom. The molecule has 0 aliphatic rings. The number of para-hydroxylation sites is 2. The number of hydrogen-bond donors (Lipinski definition) is 1. The number of aromatic nitrogens is 2. The van der Waals surface area contributed by atoms with Crippen molar-refractivity contribution in [2.75, 3.05) is 12.9 Å². The van der Waals surface area contributed by atoms with E-state index >= 15 is 0 Å². The highest BCUT2D eigenvalue weighted by Gasteiger charge is 2.14. The first-order valence-electron chi connectivity index (χ1n) is 8.37. The summed E-state index contributed by atoms with van der Waals surface area (Å²) in [5.74, 6) is -0.144. The Morgan fingerprint density at radius 2 is 1.96 bits per heavy atom. The average molecular weight is 411 g/mol. The first-order chi connectivity index (χ1) is 13.4. The molecule has 0 atom stereocenters. The van der Waals surface area contributed by atoms with Crippen LogP contribution in [-0.4, -0.2) is 37.4 Å². The third-order valence-corrected chi connectivity index (χ3v) is 5.37. The fourth-order valence-corrected chi connectivity index (χ4v) is 3.66. The molecule has 0 unspecified atom stereocenters. The van der Waals surface area contributed by atoms with Gasteiger partial charge in [-0.2, -0.15) is 8.78 Å². The van der Waals surface area contributed by atoms with Crippen LogP contribution in [0.1, 0.15) is 5.56 Å². The first kappa shape index (κ1) is 20.0. The number of ether oxygens (including phenoxy) is 2. The maximum absolute atomic E-state index is 12.4. The SMILES string of the molecule is COc1cc(CNS(=O)(=O)CCn2cnc3ccccc32)ccc1OC(F)F. The molecule has 2 aromatic carbocycles. The Balaban J connectivity index is 1.61. The molecule has 150 valence electrons. The van der Waals surface area contributed by atoms with E-state index in [1.54, 1.807) is 10.9 Å². The molecule has 0 aliphatic carbocycles. The van der Waals surface area contributed by atoms with E-state index in [-0.39, 0.29) is 30.3 Å². The summed E-state index contributed by atoms with van der Waals surface area (Å²) in [6.07, 6.45) is 1.60. The normalized spacial score (nSPS) is 11.9. The van der Waals surface area contributed by atoms with Crippen molar-refractivity contribution in [3.05, 3.63) is 54.4 Å². The zero-order valence-corrected chi connectivity index (χ0v) is 15.8. The zero-order valence-electron chi connectivity index (χ0n) is 15.0. The van der Waals surface area contributed by atoms with Crippen LogP contribution < -0.4 is 14.2 Å². The fraction of sp³-hybridized carbons (Fsp3) is 0.278. The van der Waals surface area contributed by atoms with Crippen molar-refractivity contribution in [1.82, 2.24) is 14.3 Å². The molecule has 10 heteroatoms. The summed E-state index contributed by atoms with van der Waals surface area (Å²) < 4.78 is 63.0. The number of methoxy groups -OCH3 is 1. The van der Waals surface area contributed by atoms with E-state index in [9.17, 15) is 17.2 Å². The summed E-state index contributed by atoms with van der Waals surface area (Å²) in [6.45, 7) is -2.73. The fourth-order valence-electron chi connectivity index (χ4n) is 2.69. The minimum atomic E-state index is -3.56. The molecule has 1 aromatic heterocycles. The van der Waals surface area contributed by atoms with Crippen molar-refractivity contribution >= 4 is 21.1 Å². The number of hydrogen-bond acceptors (Lipinski definition) is 5. The quantitative estimate of drug-likeness (QED) is 0.586. The molecular weight excluding hydrogens is 392 g/mol. The van der Waals surface area contributed by atoms with Crippen molar-refractivity contribution in [2.24, 2.45) is 0 Å². The van der Waals surface area contributed by atoms with Gasteiger partial charge in [-0.1, -0.05) is 18.2 Å².